The van der Waals surface area contributed by atoms with Crippen LogP contribution in [0.5, 0.6) is 0 Å². The van der Waals surface area contributed by atoms with Gasteiger partial charge in [-0.1, -0.05) is 5.57 Å². The van der Waals surface area contributed by atoms with Gasteiger partial charge in [-0.2, -0.15) is 13.2 Å². The maximum Gasteiger partial charge on any atom is 0.419 e. The highest BCUT2D eigenvalue weighted by molar-refractivity contribution is 5.80. The first-order valence-corrected chi connectivity index (χ1v) is 5.93. The van der Waals surface area contributed by atoms with Gasteiger partial charge in [0.05, 0.1) is 5.56 Å². The second kappa shape index (κ2) is 5.48. The number of aromatic nitrogens is 2. The molecular formula is C12H12F3N3O2. The molecule has 0 saturated carbocycles. The van der Waals surface area contributed by atoms with Crippen molar-refractivity contribution in [2.24, 2.45) is 0 Å². The Hall–Kier alpha value is -2.12. The summed E-state index contributed by atoms with van der Waals surface area (Å²) < 4.78 is 37.1. The highest BCUT2D eigenvalue weighted by Gasteiger charge is 2.31. The molecular weight excluding hydrogens is 275 g/mol. The second-order valence-corrected chi connectivity index (χ2v) is 4.40. The number of hydrogen-bond donors (Lipinski definition) is 1. The number of hydrogen-bond acceptors (Lipinski definition) is 4. The van der Waals surface area contributed by atoms with E-state index in [4.69, 9.17) is 5.11 Å². The van der Waals surface area contributed by atoms with E-state index in [0.29, 0.717) is 25.9 Å². The van der Waals surface area contributed by atoms with Gasteiger partial charge in [0.15, 0.2) is 0 Å². The average molecular weight is 287 g/mol. The van der Waals surface area contributed by atoms with Crippen LogP contribution in [0, 0.1) is 0 Å². The van der Waals surface area contributed by atoms with Crippen LogP contribution >= 0.6 is 0 Å². The zero-order valence-corrected chi connectivity index (χ0v) is 10.4. The number of aliphatic carboxylic acids is 1. The maximum absolute atomic E-state index is 12.4. The summed E-state index contributed by atoms with van der Waals surface area (Å²) in [4.78, 5) is 19.7. The van der Waals surface area contributed by atoms with Crippen molar-refractivity contribution in [1.29, 1.82) is 0 Å². The number of piperidine rings is 1. The summed E-state index contributed by atoms with van der Waals surface area (Å²) in [5.41, 5.74) is -0.0783. The molecule has 0 unspecified atom stereocenters. The number of anilines is 1. The number of alkyl halides is 3. The standard InChI is InChI=1S/C12H12F3N3O2/c13-12(14,15)9-6-16-11(17-7-9)18-3-1-8(2-4-18)5-10(19)20/h5-7H,1-4H2,(H,19,20). The van der Waals surface area contributed by atoms with Gasteiger partial charge in [0, 0.05) is 31.6 Å². The second-order valence-electron chi connectivity index (χ2n) is 4.40. The molecule has 108 valence electrons. The molecule has 1 aromatic rings. The molecule has 0 aliphatic carbocycles. The number of carboxylic acids is 1. The minimum Gasteiger partial charge on any atom is -0.478 e. The fraction of sp³-hybridized carbons (Fsp3) is 0.417. The van der Waals surface area contributed by atoms with E-state index in [9.17, 15) is 18.0 Å². The van der Waals surface area contributed by atoms with Crippen LogP contribution in [0.25, 0.3) is 0 Å². The molecule has 20 heavy (non-hydrogen) atoms. The Morgan fingerprint density at radius 3 is 2.25 bits per heavy atom. The molecule has 1 aromatic heterocycles. The van der Waals surface area contributed by atoms with E-state index >= 15 is 0 Å². The monoisotopic (exact) mass is 287 g/mol. The molecule has 1 aliphatic heterocycles. The predicted octanol–water partition coefficient (Wildman–Crippen LogP) is 2.11. The zero-order valence-electron chi connectivity index (χ0n) is 10.4. The normalized spacial score (nSPS) is 16.1. The summed E-state index contributed by atoms with van der Waals surface area (Å²) in [6.07, 6.45) is -0.688. The number of carbonyl (C=O) groups is 1. The van der Waals surface area contributed by atoms with E-state index in [-0.39, 0.29) is 5.95 Å². The van der Waals surface area contributed by atoms with Crippen molar-refractivity contribution >= 4 is 11.9 Å². The minimum atomic E-state index is -4.45. The molecule has 0 aromatic carbocycles. The molecule has 0 radical (unpaired) electrons. The van der Waals surface area contributed by atoms with Gasteiger partial charge in [-0.25, -0.2) is 14.8 Å². The summed E-state index contributed by atoms with van der Waals surface area (Å²) in [5, 5.41) is 8.63. The van der Waals surface area contributed by atoms with Crippen molar-refractivity contribution in [2.75, 3.05) is 18.0 Å². The van der Waals surface area contributed by atoms with Crippen LogP contribution in [0.3, 0.4) is 0 Å². The zero-order chi connectivity index (χ0) is 14.8. The first kappa shape index (κ1) is 14.3. The Bertz CT molecular complexity index is 516. The molecule has 0 amide bonds. The summed E-state index contributed by atoms with van der Waals surface area (Å²) in [6, 6.07) is 0. The van der Waals surface area contributed by atoms with E-state index in [1.54, 1.807) is 4.90 Å². The topological polar surface area (TPSA) is 66.3 Å². The number of halogens is 3. The Morgan fingerprint density at radius 2 is 1.80 bits per heavy atom. The van der Waals surface area contributed by atoms with E-state index in [2.05, 4.69) is 9.97 Å². The van der Waals surface area contributed by atoms with Gasteiger partial charge >= 0.3 is 12.1 Å². The third kappa shape index (κ3) is 3.46. The fourth-order valence-electron chi connectivity index (χ4n) is 1.94. The smallest absolute Gasteiger partial charge is 0.419 e. The highest BCUT2D eigenvalue weighted by Crippen LogP contribution is 2.28. The lowest BCUT2D eigenvalue weighted by Crippen LogP contribution is -2.32. The minimum absolute atomic E-state index is 0.229. The number of nitrogens with zero attached hydrogens (tertiary/aromatic N) is 3. The van der Waals surface area contributed by atoms with Crippen LogP contribution in [0.4, 0.5) is 19.1 Å². The van der Waals surface area contributed by atoms with E-state index in [1.807, 2.05) is 0 Å². The molecule has 8 heteroatoms. The van der Waals surface area contributed by atoms with Gasteiger partial charge in [-0.15, -0.1) is 0 Å². The first-order chi connectivity index (χ1) is 9.36. The van der Waals surface area contributed by atoms with Crippen LogP contribution in [0.1, 0.15) is 18.4 Å². The lowest BCUT2D eigenvalue weighted by atomic mass is 10.0. The quantitative estimate of drug-likeness (QED) is 0.844. The largest absolute Gasteiger partial charge is 0.478 e. The van der Waals surface area contributed by atoms with Crippen molar-refractivity contribution in [2.45, 2.75) is 19.0 Å². The summed E-state index contributed by atoms with van der Waals surface area (Å²) in [5.74, 6) is -0.758. The van der Waals surface area contributed by atoms with Crippen LogP contribution in [-0.4, -0.2) is 34.1 Å². The fourth-order valence-corrected chi connectivity index (χ4v) is 1.94. The Kier molecular flexibility index (Phi) is 3.91. The molecule has 1 saturated heterocycles. The van der Waals surface area contributed by atoms with Gasteiger partial charge in [0.25, 0.3) is 0 Å². The van der Waals surface area contributed by atoms with Gasteiger partial charge in [0.2, 0.25) is 5.95 Å². The molecule has 2 heterocycles. The molecule has 1 aliphatic rings. The third-order valence-corrected chi connectivity index (χ3v) is 2.98. The molecule has 0 atom stereocenters. The Morgan fingerprint density at radius 1 is 1.25 bits per heavy atom. The van der Waals surface area contributed by atoms with Crippen molar-refractivity contribution in [3.8, 4) is 0 Å². The molecule has 0 spiro atoms. The van der Waals surface area contributed by atoms with Gasteiger partial charge < -0.3 is 10.0 Å². The number of rotatable bonds is 2. The van der Waals surface area contributed by atoms with Gasteiger partial charge in [-0.3, -0.25) is 0 Å². The van der Waals surface area contributed by atoms with Gasteiger partial charge in [0.1, 0.15) is 0 Å². The van der Waals surface area contributed by atoms with Crippen LogP contribution in [0.15, 0.2) is 24.0 Å². The lowest BCUT2D eigenvalue weighted by molar-refractivity contribution is -0.138. The summed E-state index contributed by atoms with van der Waals surface area (Å²) in [7, 11) is 0. The maximum atomic E-state index is 12.4. The summed E-state index contributed by atoms with van der Waals surface area (Å²) in [6.45, 7) is 0.981. The third-order valence-electron chi connectivity index (χ3n) is 2.98. The van der Waals surface area contributed by atoms with E-state index in [1.165, 1.54) is 6.08 Å². The van der Waals surface area contributed by atoms with Crippen molar-refractivity contribution in [3.63, 3.8) is 0 Å². The van der Waals surface area contributed by atoms with Crippen LogP contribution in [0.2, 0.25) is 0 Å². The van der Waals surface area contributed by atoms with E-state index in [0.717, 1.165) is 18.0 Å². The molecule has 1 N–H and O–H groups in total. The lowest BCUT2D eigenvalue weighted by Gasteiger charge is -2.28. The van der Waals surface area contributed by atoms with Crippen LogP contribution < -0.4 is 4.90 Å². The van der Waals surface area contributed by atoms with Crippen molar-refractivity contribution < 1.29 is 23.1 Å². The predicted molar refractivity (Wildman–Crippen MR) is 64.2 cm³/mol. The first-order valence-electron chi connectivity index (χ1n) is 5.93. The SMILES string of the molecule is O=C(O)C=C1CCN(c2ncc(C(F)(F)F)cn2)CC1. The average Bonchev–Trinajstić information content (AvgIpc) is 2.38. The molecule has 5 nitrogen and oxygen atoms in total. The van der Waals surface area contributed by atoms with Crippen LogP contribution in [-0.2, 0) is 11.0 Å². The Balaban J connectivity index is 2.02. The molecule has 1 fully saturated rings. The van der Waals surface area contributed by atoms with E-state index < -0.39 is 17.7 Å². The molecule has 2 rings (SSSR count). The highest BCUT2D eigenvalue weighted by atomic mass is 19.4. The Labute approximate surface area is 112 Å². The van der Waals surface area contributed by atoms with Gasteiger partial charge in [-0.05, 0) is 12.8 Å². The number of carboxylic acid groups (broad SMARTS) is 1. The van der Waals surface area contributed by atoms with Crippen molar-refractivity contribution in [3.05, 3.63) is 29.6 Å². The summed E-state index contributed by atoms with van der Waals surface area (Å²) >= 11 is 0. The molecule has 0 bridgehead atoms. The van der Waals surface area contributed by atoms with Crippen molar-refractivity contribution in [1.82, 2.24) is 9.97 Å².